The Balaban J connectivity index is 1.77. The van der Waals surface area contributed by atoms with Crippen molar-refractivity contribution in [3.05, 3.63) is 24.3 Å². The molecule has 1 N–H and O–H groups in total. The normalized spacial score (nSPS) is 17.9. The Hall–Kier alpha value is -1.04. The molecule has 1 aliphatic heterocycles. The van der Waals surface area contributed by atoms with Crippen molar-refractivity contribution in [1.29, 1.82) is 0 Å². The zero-order valence-corrected chi connectivity index (χ0v) is 11.2. The molecule has 0 atom stereocenters. The molecule has 5 heteroatoms. The maximum atomic E-state index is 5.39. The molecule has 2 rings (SSSR count). The second-order valence-electron chi connectivity index (χ2n) is 5.26. The van der Waals surface area contributed by atoms with Crippen molar-refractivity contribution < 1.29 is 4.74 Å². The summed E-state index contributed by atoms with van der Waals surface area (Å²) < 4.78 is 5.39. The highest BCUT2D eigenvalue weighted by Crippen LogP contribution is 2.15. The molecule has 0 aliphatic carbocycles. The van der Waals surface area contributed by atoms with E-state index < -0.39 is 0 Å². The van der Waals surface area contributed by atoms with E-state index in [1.807, 2.05) is 12.4 Å². The Kier molecular flexibility index (Phi) is 4.63. The van der Waals surface area contributed by atoms with E-state index >= 15 is 0 Å². The summed E-state index contributed by atoms with van der Waals surface area (Å²) in [5.41, 5.74) is 1.27. The zero-order valence-electron chi connectivity index (χ0n) is 11.2. The predicted molar refractivity (Wildman–Crippen MR) is 70.2 cm³/mol. The first-order valence-electron chi connectivity index (χ1n) is 6.46. The SMILES string of the molecule is CC(C)(CNCc1cncnc1)N1CCOCC1. The van der Waals surface area contributed by atoms with Gasteiger partial charge in [0.2, 0.25) is 0 Å². The van der Waals surface area contributed by atoms with Gasteiger partial charge < -0.3 is 10.1 Å². The smallest absolute Gasteiger partial charge is 0.115 e. The highest BCUT2D eigenvalue weighted by Gasteiger charge is 2.27. The number of hydrogen-bond acceptors (Lipinski definition) is 5. The lowest BCUT2D eigenvalue weighted by Crippen LogP contribution is -2.54. The van der Waals surface area contributed by atoms with Crippen LogP contribution in [0.2, 0.25) is 0 Å². The van der Waals surface area contributed by atoms with Crippen LogP contribution in [0, 0.1) is 0 Å². The summed E-state index contributed by atoms with van der Waals surface area (Å²) in [5, 5.41) is 3.48. The van der Waals surface area contributed by atoms with E-state index in [9.17, 15) is 0 Å². The zero-order chi connectivity index (χ0) is 12.8. The molecule has 0 saturated carbocycles. The first kappa shape index (κ1) is 13.4. The fourth-order valence-electron chi connectivity index (χ4n) is 2.21. The van der Waals surface area contributed by atoms with Crippen LogP contribution in [0.5, 0.6) is 0 Å². The van der Waals surface area contributed by atoms with Gasteiger partial charge in [0.25, 0.3) is 0 Å². The third-order valence-corrected chi connectivity index (χ3v) is 3.37. The molecular formula is C13H22N4O. The maximum absolute atomic E-state index is 5.39. The molecule has 0 amide bonds. The van der Waals surface area contributed by atoms with E-state index in [1.165, 1.54) is 0 Å². The number of morpholine rings is 1. The number of aromatic nitrogens is 2. The van der Waals surface area contributed by atoms with Crippen LogP contribution in [0.3, 0.4) is 0 Å². The van der Waals surface area contributed by atoms with E-state index in [-0.39, 0.29) is 5.54 Å². The highest BCUT2D eigenvalue weighted by molar-refractivity contribution is 5.01. The van der Waals surface area contributed by atoms with Gasteiger partial charge >= 0.3 is 0 Å². The largest absolute Gasteiger partial charge is 0.379 e. The van der Waals surface area contributed by atoms with Crippen LogP contribution in [-0.4, -0.2) is 53.3 Å². The van der Waals surface area contributed by atoms with E-state index in [1.54, 1.807) is 6.33 Å². The lowest BCUT2D eigenvalue weighted by atomic mass is 10.0. The van der Waals surface area contributed by atoms with Gasteiger partial charge in [-0.2, -0.15) is 0 Å². The molecule has 1 fully saturated rings. The second kappa shape index (κ2) is 6.22. The molecule has 1 saturated heterocycles. The van der Waals surface area contributed by atoms with Gasteiger partial charge in [-0.15, -0.1) is 0 Å². The van der Waals surface area contributed by atoms with Crippen molar-refractivity contribution in [3.8, 4) is 0 Å². The summed E-state index contributed by atoms with van der Waals surface area (Å²) in [6, 6.07) is 0. The van der Waals surface area contributed by atoms with Gasteiger partial charge in [0, 0.05) is 49.7 Å². The third-order valence-electron chi connectivity index (χ3n) is 3.37. The molecule has 1 aromatic heterocycles. The van der Waals surface area contributed by atoms with Crippen LogP contribution in [0.25, 0.3) is 0 Å². The monoisotopic (exact) mass is 250 g/mol. The summed E-state index contributed by atoms with van der Waals surface area (Å²) >= 11 is 0. The molecule has 1 aliphatic rings. The number of nitrogens with one attached hydrogen (secondary N) is 1. The van der Waals surface area contributed by atoms with E-state index in [0.717, 1.165) is 45.0 Å². The third kappa shape index (κ3) is 3.73. The number of nitrogens with zero attached hydrogens (tertiary/aromatic N) is 3. The van der Waals surface area contributed by atoms with Gasteiger partial charge in [-0.25, -0.2) is 9.97 Å². The fourth-order valence-corrected chi connectivity index (χ4v) is 2.21. The van der Waals surface area contributed by atoms with Gasteiger partial charge in [-0.3, -0.25) is 4.90 Å². The molecule has 2 heterocycles. The first-order chi connectivity index (χ1) is 8.68. The first-order valence-corrected chi connectivity index (χ1v) is 6.46. The van der Waals surface area contributed by atoms with Crippen molar-refractivity contribution in [2.45, 2.75) is 25.9 Å². The van der Waals surface area contributed by atoms with Crippen LogP contribution < -0.4 is 5.32 Å². The summed E-state index contributed by atoms with van der Waals surface area (Å²) in [6.45, 7) is 10.0. The molecule has 0 radical (unpaired) electrons. The van der Waals surface area contributed by atoms with E-state index in [4.69, 9.17) is 4.74 Å². The number of hydrogen-bond donors (Lipinski definition) is 1. The Morgan fingerprint density at radius 1 is 1.28 bits per heavy atom. The van der Waals surface area contributed by atoms with Crippen LogP contribution in [0.1, 0.15) is 19.4 Å². The lowest BCUT2D eigenvalue weighted by molar-refractivity contribution is -0.00967. The van der Waals surface area contributed by atoms with E-state index in [0.29, 0.717) is 0 Å². The quantitative estimate of drug-likeness (QED) is 0.832. The van der Waals surface area contributed by atoms with Crippen molar-refractivity contribution in [3.63, 3.8) is 0 Å². The van der Waals surface area contributed by atoms with Crippen LogP contribution >= 0.6 is 0 Å². The van der Waals surface area contributed by atoms with Gasteiger partial charge in [0.15, 0.2) is 0 Å². The summed E-state index contributed by atoms with van der Waals surface area (Å²) in [5.74, 6) is 0. The molecule has 0 spiro atoms. The minimum Gasteiger partial charge on any atom is -0.379 e. The molecule has 100 valence electrons. The summed E-state index contributed by atoms with van der Waals surface area (Å²) in [6.07, 6.45) is 5.25. The van der Waals surface area contributed by atoms with Crippen molar-refractivity contribution in [2.75, 3.05) is 32.8 Å². The topological polar surface area (TPSA) is 50.3 Å². The molecule has 1 aromatic rings. The molecule has 0 aromatic carbocycles. The predicted octanol–water partition coefficient (Wildman–Crippen LogP) is 0.677. The van der Waals surface area contributed by atoms with Crippen molar-refractivity contribution in [2.24, 2.45) is 0 Å². The average molecular weight is 250 g/mol. The van der Waals surface area contributed by atoms with Gasteiger partial charge in [-0.05, 0) is 13.8 Å². The second-order valence-corrected chi connectivity index (χ2v) is 5.26. The molecule has 0 bridgehead atoms. The number of ether oxygens (including phenoxy) is 1. The Morgan fingerprint density at radius 3 is 2.61 bits per heavy atom. The van der Waals surface area contributed by atoms with Crippen LogP contribution in [-0.2, 0) is 11.3 Å². The van der Waals surface area contributed by atoms with Gasteiger partial charge in [0.1, 0.15) is 6.33 Å². The fraction of sp³-hybridized carbons (Fsp3) is 0.692. The maximum Gasteiger partial charge on any atom is 0.115 e. The number of rotatable bonds is 5. The Labute approximate surface area is 109 Å². The molecule has 5 nitrogen and oxygen atoms in total. The van der Waals surface area contributed by atoms with E-state index in [2.05, 4.69) is 34.0 Å². The van der Waals surface area contributed by atoms with Gasteiger partial charge in [-0.1, -0.05) is 0 Å². The van der Waals surface area contributed by atoms with Gasteiger partial charge in [0.05, 0.1) is 13.2 Å². The summed E-state index contributed by atoms with van der Waals surface area (Å²) in [7, 11) is 0. The summed E-state index contributed by atoms with van der Waals surface area (Å²) in [4.78, 5) is 10.5. The minimum atomic E-state index is 0.152. The Bertz CT molecular complexity index is 349. The Morgan fingerprint density at radius 2 is 1.94 bits per heavy atom. The van der Waals surface area contributed by atoms with Crippen molar-refractivity contribution in [1.82, 2.24) is 20.2 Å². The minimum absolute atomic E-state index is 0.152. The molecule has 18 heavy (non-hydrogen) atoms. The van der Waals surface area contributed by atoms with Crippen molar-refractivity contribution >= 4 is 0 Å². The average Bonchev–Trinajstić information content (AvgIpc) is 2.41. The van der Waals surface area contributed by atoms with Crippen LogP contribution in [0.15, 0.2) is 18.7 Å². The highest BCUT2D eigenvalue weighted by atomic mass is 16.5. The standard InChI is InChI=1S/C13H22N4O/c1-13(2,17-3-5-18-6-4-17)10-14-7-12-8-15-11-16-9-12/h8-9,11,14H,3-7,10H2,1-2H3. The lowest BCUT2D eigenvalue weighted by Gasteiger charge is -2.41. The molecule has 0 unspecified atom stereocenters. The van der Waals surface area contributed by atoms with Crippen LogP contribution in [0.4, 0.5) is 0 Å². The molecular weight excluding hydrogens is 228 g/mol.